The van der Waals surface area contributed by atoms with E-state index in [4.69, 9.17) is 29.4 Å². The Morgan fingerprint density at radius 3 is 2.42 bits per heavy atom. The molecule has 0 bridgehead atoms. The Morgan fingerprint density at radius 1 is 1.19 bits per heavy atom. The highest BCUT2D eigenvalue weighted by molar-refractivity contribution is 5.74. The molecule has 3 N–H and O–H groups in total. The van der Waals surface area contributed by atoms with Gasteiger partial charge >= 0.3 is 5.97 Å². The van der Waals surface area contributed by atoms with Gasteiger partial charge in [-0.1, -0.05) is 6.92 Å². The third kappa shape index (κ3) is 4.51. The van der Waals surface area contributed by atoms with Crippen LogP contribution < -0.4 is 29.4 Å². The van der Waals surface area contributed by atoms with Gasteiger partial charge in [-0.05, 0) is 48.4 Å². The summed E-state index contributed by atoms with van der Waals surface area (Å²) in [4.78, 5) is 11.7. The molecular formula is C26H26N4O6. The number of benzene rings is 2. The molecule has 0 amide bonds. The highest BCUT2D eigenvalue weighted by atomic mass is 16.6. The van der Waals surface area contributed by atoms with E-state index in [1.54, 1.807) is 12.1 Å². The molecule has 0 saturated carbocycles. The van der Waals surface area contributed by atoms with Crippen molar-refractivity contribution >= 4 is 5.97 Å². The van der Waals surface area contributed by atoms with Crippen LogP contribution in [0.15, 0.2) is 47.9 Å². The first-order valence-corrected chi connectivity index (χ1v) is 11.2. The number of esters is 1. The maximum absolute atomic E-state index is 11.7. The van der Waals surface area contributed by atoms with E-state index in [9.17, 15) is 10.1 Å². The van der Waals surface area contributed by atoms with Crippen LogP contribution in [-0.4, -0.2) is 37.0 Å². The number of H-pyrrole nitrogens is 1. The number of carbonyl (C=O) groups excluding carboxylic acids is 1. The van der Waals surface area contributed by atoms with Crippen molar-refractivity contribution in [3.63, 3.8) is 0 Å². The zero-order valence-corrected chi connectivity index (χ0v) is 20.4. The highest BCUT2D eigenvalue weighted by Gasteiger charge is 2.37. The Hall–Kier alpha value is -4.65. The molecular weight excluding hydrogens is 464 g/mol. The Balaban J connectivity index is 1.87. The van der Waals surface area contributed by atoms with Crippen molar-refractivity contribution in [2.75, 3.05) is 20.8 Å². The van der Waals surface area contributed by atoms with Crippen molar-refractivity contribution in [1.82, 2.24) is 10.2 Å². The van der Waals surface area contributed by atoms with Gasteiger partial charge in [-0.3, -0.25) is 9.89 Å². The van der Waals surface area contributed by atoms with E-state index in [-0.39, 0.29) is 34.6 Å². The van der Waals surface area contributed by atoms with Gasteiger partial charge in [-0.2, -0.15) is 5.26 Å². The molecule has 10 nitrogen and oxygen atoms in total. The summed E-state index contributed by atoms with van der Waals surface area (Å²) >= 11 is 0. The van der Waals surface area contributed by atoms with E-state index in [1.807, 2.05) is 31.2 Å². The molecule has 3 aromatic rings. The van der Waals surface area contributed by atoms with Gasteiger partial charge in [0.2, 0.25) is 17.5 Å². The van der Waals surface area contributed by atoms with Gasteiger partial charge in [0.05, 0.1) is 38.0 Å². The molecule has 1 aromatic heterocycles. The predicted octanol–water partition coefficient (Wildman–Crippen LogP) is 4.03. The van der Waals surface area contributed by atoms with Gasteiger partial charge in [-0.15, -0.1) is 5.10 Å². The van der Waals surface area contributed by atoms with Crippen molar-refractivity contribution in [3.05, 3.63) is 59.0 Å². The number of nitrogens with zero attached hydrogens (tertiary/aromatic N) is 2. The predicted molar refractivity (Wildman–Crippen MR) is 130 cm³/mol. The molecule has 0 fully saturated rings. The van der Waals surface area contributed by atoms with Gasteiger partial charge in [0.25, 0.3) is 0 Å². The maximum Gasteiger partial charge on any atom is 0.308 e. The number of ether oxygens (including phenoxy) is 5. The summed E-state index contributed by atoms with van der Waals surface area (Å²) in [5.41, 5.74) is 9.00. The second-order valence-corrected chi connectivity index (χ2v) is 7.96. The lowest BCUT2D eigenvalue weighted by Crippen LogP contribution is -2.21. The third-order valence-electron chi connectivity index (χ3n) is 5.62. The molecule has 4 rings (SSSR count). The number of nitrogens with two attached hydrogens (primary N) is 1. The fourth-order valence-corrected chi connectivity index (χ4v) is 4.05. The van der Waals surface area contributed by atoms with Crippen LogP contribution in [0.3, 0.4) is 0 Å². The van der Waals surface area contributed by atoms with Crippen LogP contribution in [0.2, 0.25) is 0 Å². The quantitative estimate of drug-likeness (QED) is 0.353. The molecule has 0 unspecified atom stereocenters. The minimum Gasteiger partial charge on any atom is -0.494 e. The fraction of sp³-hybridized carbons (Fsp3) is 0.269. The van der Waals surface area contributed by atoms with E-state index in [1.165, 1.54) is 21.1 Å². The fourth-order valence-electron chi connectivity index (χ4n) is 4.05. The van der Waals surface area contributed by atoms with Crippen LogP contribution in [0.4, 0.5) is 0 Å². The average molecular weight is 491 g/mol. The number of nitriles is 1. The number of hydrogen-bond donors (Lipinski definition) is 2. The maximum atomic E-state index is 11.7. The average Bonchev–Trinajstić information content (AvgIpc) is 3.29. The van der Waals surface area contributed by atoms with Gasteiger partial charge in [0.1, 0.15) is 17.4 Å². The minimum atomic E-state index is -0.669. The monoisotopic (exact) mass is 490 g/mol. The summed E-state index contributed by atoms with van der Waals surface area (Å²) in [6.07, 6.45) is 0.905. The second kappa shape index (κ2) is 10.3. The molecule has 2 heterocycles. The highest BCUT2D eigenvalue weighted by Crippen LogP contribution is 2.49. The Morgan fingerprint density at radius 2 is 1.86 bits per heavy atom. The SMILES string of the molecule is CCCOc1ccc(-c2[nH]nc3c2[C@H](c2cc(OC)c(OC(C)=O)c(OC)c2)C(C#N)=C(N)O3)cc1. The zero-order valence-electron chi connectivity index (χ0n) is 20.4. The summed E-state index contributed by atoms with van der Waals surface area (Å²) in [5, 5.41) is 17.3. The van der Waals surface area contributed by atoms with E-state index in [0.717, 1.165) is 17.7 Å². The third-order valence-corrected chi connectivity index (χ3v) is 5.62. The number of fused-ring (bicyclic) bond motifs is 1. The largest absolute Gasteiger partial charge is 0.494 e. The first-order valence-electron chi connectivity index (χ1n) is 11.2. The summed E-state index contributed by atoms with van der Waals surface area (Å²) < 4.78 is 27.7. The molecule has 0 spiro atoms. The number of methoxy groups -OCH3 is 2. The number of carbonyl (C=O) groups is 1. The Bertz CT molecular complexity index is 1330. The number of aromatic amines is 1. The molecule has 1 aliphatic heterocycles. The molecule has 0 aliphatic carbocycles. The summed E-state index contributed by atoms with van der Waals surface area (Å²) in [6.45, 7) is 3.95. The van der Waals surface area contributed by atoms with Gasteiger partial charge in [0.15, 0.2) is 11.5 Å². The first-order chi connectivity index (χ1) is 17.4. The van der Waals surface area contributed by atoms with E-state index < -0.39 is 11.9 Å². The number of allylic oxidation sites excluding steroid dienone is 1. The molecule has 186 valence electrons. The number of nitrogens with one attached hydrogen (secondary N) is 1. The Kier molecular flexibility index (Phi) is 7.01. The van der Waals surface area contributed by atoms with Crippen LogP contribution in [-0.2, 0) is 4.79 Å². The number of aromatic nitrogens is 2. The lowest BCUT2D eigenvalue weighted by atomic mass is 9.82. The van der Waals surface area contributed by atoms with Gasteiger partial charge in [-0.25, -0.2) is 0 Å². The van der Waals surface area contributed by atoms with Crippen molar-refractivity contribution in [3.8, 4) is 46.2 Å². The summed E-state index contributed by atoms with van der Waals surface area (Å²) in [5.74, 6) is 0.388. The summed E-state index contributed by atoms with van der Waals surface area (Å²) in [6, 6.07) is 13.0. The van der Waals surface area contributed by atoms with Gasteiger partial charge in [0, 0.05) is 12.5 Å². The van der Waals surface area contributed by atoms with Crippen LogP contribution >= 0.6 is 0 Å². The van der Waals surface area contributed by atoms with Crippen LogP contribution in [0, 0.1) is 11.3 Å². The molecule has 2 aromatic carbocycles. The normalized spacial score (nSPS) is 14.4. The molecule has 0 radical (unpaired) electrons. The number of rotatable bonds is 8. The lowest BCUT2D eigenvalue weighted by molar-refractivity contribution is -0.132. The first kappa shape index (κ1) is 24.5. The second-order valence-electron chi connectivity index (χ2n) is 7.96. The minimum absolute atomic E-state index is 0.0571. The molecule has 1 atom stereocenters. The Labute approximate surface area is 208 Å². The van der Waals surface area contributed by atoms with Crippen LogP contribution in [0.25, 0.3) is 11.3 Å². The zero-order chi connectivity index (χ0) is 25.8. The van der Waals surface area contributed by atoms with Crippen LogP contribution in [0.5, 0.6) is 28.9 Å². The van der Waals surface area contributed by atoms with E-state index >= 15 is 0 Å². The molecule has 10 heteroatoms. The van der Waals surface area contributed by atoms with Crippen molar-refractivity contribution < 1.29 is 28.5 Å². The van der Waals surface area contributed by atoms with Crippen molar-refractivity contribution in [1.29, 1.82) is 5.26 Å². The molecule has 1 aliphatic rings. The number of hydrogen-bond acceptors (Lipinski definition) is 9. The van der Waals surface area contributed by atoms with Crippen molar-refractivity contribution in [2.24, 2.45) is 5.73 Å². The van der Waals surface area contributed by atoms with Gasteiger partial charge < -0.3 is 29.4 Å². The van der Waals surface area contributed by atoms with E-state index in [2.05, 4.69) is 16.3 Å². The topological polar surface area (TPSA) is 142 Å². The molecule has 0 saturated heterocycles. The smallest absolute Gasteiger partial charge is 0.308 e. The molecule has 36 heavy (non-hydrogen) atoms. The van der Waals surface area contributed by atoms with E-state index in [0.29, 0.717) is 23.4 Å². The lowest BCUT2D eigenvalue weighted by Gasteiger charge is -2.25. The summed E-state index contributed by atoms with van der Waals surface area (Å²) in [7, 11) is 2.89. The van der Waals surface area contributed by atoms with Crippen molar-refractivity contribution in [2.45, 2.75) is 26.2 Å². The van der Waals surface area contributed by atoms with Crippen LogP contribution in [0.1, 0.15) is 37.3 Å². The standard InChI is InChI=1S/C26H26N4O6/c1-5-10-34-17-8-6-15(7-9-17)23-22-21(18(13-27)25(28)36-26(22)30-29-23)16-11-19(32-3)24(35-14(2)31)20(12-16)33-4/h6-9,11-12,21H,5,10,28H2,1-4H3,(H,29,30)/t21-/m1/s1.